The number of thioether (sulfide) groups is 1. The minimum Gasteiger partial charge on any atom is -0.496 e. The maximum Gasteiger partial charge on any atom is 0.231 e. The van der Waals surface area contributed by atoms with E-state index in [-0.39, 0.29) is 11.7 Å². The summed E-state index contributed by atoms with van der Waals surface area (Å²) in [6.45, 7) is 4.33. The van der Waals surface area contributed by atoms with Gasteiger partial charge in [0, 0.05) is 30.7 Å². The summed E-state index contributed by atoms with van der Waals surface area (Å²) in [5, 5.41) is 12.0. The third kappa shape index (κ3) is 5.14. The van der Waals surface area contributed by atoms with Crippen LogP contribution in [0.3, 0.4) is 0 Å². The first-order valence-electron chi connectivity index (χ1n) is 11.0. The van der Waals surface area contributed by atoms with Crippen molar-refractivity contribution in [2.75, 3.05) is 12.9 Å². The predicted molar refractivity (Wildman–Crippen MR) is 132 cm³/mol. The number of para-hydroxylation sites is 1. The zero-order chi connectivity index (χ0) is 24.1. The smallest absolute Gasteiger partial charge is 0.231 e. The van der Waals surface area contributed by atoms with Crippen LogP contribution in [0.4, 0.5) is 0 Å². The van der Waals surface area contributed by atoms with E-state index in [2.05, 4.69) is 46.5 Å². The fraction of sp³-hybridized carbons (Fsp3) is 0.280. The Morgan fingerprint density at radius 1 is 1.15 bits per heavy atom. The number of aromatic nitrogens is 5. The number of nitrogens with one attached hydrogen (secondary N) is 1. The van der Waals surface area contributed by atoms with Crippen molar-refractivity contribution in [2.45, 2.75) is 31.0 Å². The molecule has 4 aromatic rings. The minimum atomic E-state index is -0.453. The van der Waals surface area contributed by atoms with Crippen molar-refractivity contribution in [1.82, 2.24) is 29.6 Å². The molecule has 2 heterocycles. The lowest BCUT2D eigenvalue weighted by atomic mass is 10.0. The van der Waals surface area contributed by atoms with Gasteiger partial charge in [0.2, 0.25) is 5.91 Å². The third-order valence-corrected chi connectivity index (χ3v) is 6.50. The summed E-state index contributed by atoms with van der Waals surface area (Å²) in [6, 6.07) is 15.5. The Balaban J connectivity index is 1.50. The van der Waals surface area contributed by atoms with Crippen LogP contribution < -0.4 is 10.1 Å². The van der Waals surface area contributed by atoms with Crippen molar-refractivity contribution < 1.29 is 9.53 Å². The molecule has 9 heteroatoms. The Kier molecular flexibility index (Phi) is 7.32. The van der Waals surface area contributed by atoms with Gasteiger partial charge >= 0.3 is 0 Å². The number of nitrogens with zero attached hydrogens (tertiary/aromatic N) is 5. The standard InChI is InChI=1S/C25H28N6O2S/c1-17(2)18-9-11-19(12-10-18)31-16-27-29-25(31)34-15-22(32)28-23(24-26-13-14-30(24)3)20-7-5-6-8-21(20)33-4/h5-14,16-17,23H,15H2,1-4H3,(H,28,32). The van der Waals surface area contributed by atoms with Crippen molar-refractivity contribution in [3.8, 4) is 11.4 Å². The second-order valence-corrected chi connectivity index (χ2v) is 9.10. The number of carbonyl (C=O) groups is 1. The fourth-order valence-corrected chi connectivity index (χ4v) is 4.43. The van der Waals surface area contributed by atoms with E-state index in [4.69, 9.17) is 4.74 Å². The molecule has 0 saturated carbocycles. The second kappa shape index (κ2) is 10.6. The lowest BCUT2D eigenvalue weighted by molar-refractivity contribution is -0.119. The summed E-state index contributed by atoms with van der Waals surface area (Å²) in [5.74, 6) is 1.90. The molecule has 0 saturated heterocycles. The number of hydrogen-bond donors (Lipinski definition) is 1. The van der Waals surface area contributed by atoms with Gasteiger partial charge in [0.05, 0.1) is 12.9 Å². The van der Waals surface area contributed by atoms with E-state index in [0.717, 1.165) is 17.1 Å². The molecule has 0 aliphatic heterocycles. The lowest BCUT2D eigenvalue weighted by Crippen LogP contribution is -2.32. The van der Waals surface area contributed by atoms with E-state index in [0.29, 0.717) is 16.8 Å². The van der Waals surface area contributed by atoms with Crippen molar-refractivity contribution in [2.24, 2.45) is 7.05 Å². The number of hydrogen-bond acceptors (Lipinski definition) is 6. The van der Waals surface area contributed by atoms with Crippen LogP contribution in [0.1, 0.15) is 42.8 Å². The van der Waals surface area contributed by atoms with Gasteiger partial charge in [-0.15, -0.1) is 10.2 Å². The van der Waals surface area contributed by atoms with Gasteiger partial charge in [-0.25, -0.2) is 4.98 Å². The molecule has 0 bridgehead atoms. The highest BCUT2D eigenvalue weighted by Crippen LogP contribution is 2.29. The SMILES string of the molecule is COc1ccccc1C(NC(=O)CSc1nncn1-c1ccc(C(C)C)cc1)c1nccn1C. The molecule has 0 fully saturated rings. The first-order valence-corrected chi connectivity index (χ1v) is 12.0. The van der Waals surface area contributed by atoms with Gasteiger partial charge in [-0.2, -0.15) is 0 Å². The number of carbonyl (C=O) groups excluding carboxylic acids is 1. The number of rotatable bonds is 9. The van der Waals surface area contributed by atoms with Gasteiger partial charge in [-0.1, -0.05) is 55.9 Å². The van der Waals surface area contributed by atoms with Crippen LogP contribution in [-0.4, -0.2) is 43.1 Å². The maximum atomic E-state index is 13.0. The highest BCUT2D eigenvalue weighted by Gasteiger charge is 2.24. The van der Waals surface area contributed by atoms with Crippen LogP contribution in [0.2, 0.25) is 0 Å². The Labute approximate surface area is 203 Å². The summed E-state index contributed by atoms with van der Waals surface area (Å²) < 4.78 is 9.32. The lowest BCUT2D eigenvalue weighted by Gasteiger charge is -2.21. The van der Waals surface area contributed by atoms with Gasteiger partial charge in [0.25, 0.3) is 0 Å². The molecular weight excluding hydrogens is 448 g/mol. The zero-order valence-electron chi connectivity index (χ0n) is 19.7. The quantitative estimate of drug-likeness (QED) is 0.366. The van der Waals surface area contributed by atoms with E-state index in [1.54, 1.807) is 19.6 Å². The second-order valence-electron chi connectivity index (χ2n) is 8.16. The molecule has 34 heavy (non-hydrogen) atoms. The number of amides is 1. The number of aryl methyl sites for hydroxylation is 1. The molecule has 176 valence electrons. The molecule has 1 atom stereocenters. The summed E-state index contributed by atoms with van der Waals surface area (Å²) in [7, 11) is 3.52. The van der Waals surface area contributed by atoms with Crippen LogP contribution in [0.15, 0.2) is 72.4 Å². The van der Waals surface area contributed by atoms with Gasteiger partial charge in [0.1, 0.15) is 23.9 Å². The minimum absolute atomic E-state index is 0.145. The van der Waals surface area contributed by atoms with Crippen LogP contribution >= 0.6 is 11.8 Å². The number of ether oxygens (including phenoxy) is 1. The van der Waals surface area contributed by atoms with Crippen LogP contribution in [0.5, 0.6) is 5.75 Å². The number of imidazole rings is 1. The summed E-state index contributed by atoms with van der Waals surface area (Å²) in [5.41, 5.74) is 3.06. The Morgan fingerprint density at radius 3 is 2.59 bits per heavy atom. The van der Waals surface area contributed by atoms with Crippen molar-refractivity contribution in [3.63, 3.8) is 0 Å². The number of benzene rings is 2. The van der Waals surface area contributed by atoms with Gasteiger partial charge < -0.3 is 14.6 Å². The summed E-state index contributed by atoms with van der Waals surface area (Å²) in [6.07, 6.45) is 5.23. The highest BCUT2D eigenvalue weighted by atomic mass is 32.2. The third-order valence-electron chi connectivity index (χ3n) is 5.56. The van der Waals surface area contributed by atoms with Gasteiger partial charge in [-0.3, -0.25) is 9.36 Å². The Morgan fingerprint density at radius 2 is 1.91 bits per heavy atom. The van der Waals surface area contributed by atoms with E-state index in [1.165, 1.54) is 17.3 Å². The van der Waals surface area contributed by atoms with Crippen molar-refractivity contribution >= 4 is 17.7 Å². The first kappa shape index (κ1) is 23.6. The molecule has 0 radical (unpaired) electrons. The zero-order valence-corrected chi connectivity index (χ0v) is 20.5. The molecule has 1 unspecified atom stereocenters. The molecule has 2 aromatic heterocycles. The Bertz CT molecular complexity index is 1250. The van der Waals surface area contributed by atoms with Crippen LogP contribution in [-0.2, 0) is 11.8 Å². The molecule has 0 aliphatic rings. The first-order chi connectivity index (χ1) is 16.5. The van der Waals surface area contributed by atoms with Gasteiger partial charge in [-0.05, 0) is 29.7 Å². The van der Waals surface area contributed by atoms with Crippen molar-refractivity contribution in [1.29, 1.82) is 0 Å². The summed E-state index contributed by atoms with van der Waals surface area (Å²) >= 11 is 1.33. The molecule has 1 amide bonds. The topological polar surface area (TPSA) is 86.9 Å². The molecule has 1 N–H and O–H groups in total. The molecule has 8 nitrogen and oxygen atoms in total. The average Bonchev–Trinajstić information content (AvgIpc) is 3.50. The Hall–Kier alpha value is -3.59. The van der Waals surface area contributed by atoms with E-state index in [1.807, 2.05) is 58.8 Å². The molecular formula is C25H28N6O2S. The predicted octanol–water partition coefficient (Wildman–Crippen LogP) is 4.13. The maximum absolute atomic E-state index is 13.0. The molecule has 0 aliphatic carbocycles. The van der Waals surface area contributed by atoms with E-state index >= 15 is 0 Å². The van der Waals surface area contributed by atoms with Crippen LogP contribution in [0, 0.1) is 0 Å². The van der Waals surface area contributed by atoms with E-state index < -0.39 is 6.04 Å². The molecule has 0 spiro atoms. The fourth-order valence-electron chi connectivity index (χ4n) is 3.69. The molecule has 4 rings (SSSR count). The monoisotopic (exact) mass is 476 g/mol. The normalized spacial score (nSPS) is 12.0. The summed E-state index contributed by atoms with van der Waals surface area (Å²) in [4.78, 5) is 17.5. The number of methoxy groups -OCH3 is 1. The molecule has 2 aromatic carbocycles. The largest absolute Gasteiger partial charge is 0.496 e. The highest BCUT2D eigenvalue weighted by molar-refractivity contribution is 7.99. The van der Waals surface area contributed by atoms with Crippen LogP contribution in [0.25, 0.3) is 5.69 Å². The van der Waals surface area contributed by atoms with Gasteiger partial charge in [0.15, 0.2) is 5.16 Å². The average molecular weight is 477 g/mol. The van der Waals surface area contributed by atoms with Crippen molar-refractivity contribution in [3.05, 3.63) is 84.2 Å². The van der Waals surface area contributed by atoms with E-state index in [9.17, 15) is 4.79 Å².